The van der Waals surface area contributed by atoms with Gasteiger partial charge in [0.2, 0.25) is 11.8 Å². The number of amides is 2. The van der Waals surface area contributed by atoms with Crippen molar-refractivity contribution in [1.82, 2.24) is 10.6 Å². The van der Waals surface area contributed by atoms with Gasteiger partial charge in [-0.15, -0.1) is 18.2 Å². The molecule has 1 rings (SSSR count). The molecule has 0 radical (unpaired) electrons. The summed E-state index contributed by atoms with van der Waals surface area (Å²) in [4.78, 5) is 69.9. The quantitative estimate of drug-likeness (QED) is 0.0249. The second kappa shape index (κ2) is 21.4. The number of hydrogen-bond donors (Lipinski definition) is 5. The zero-order chi connectivity index (χ0) is 32.9. The maximum Gasteiger partial charge on any atom is 0.338 e. The maximum atomic E-state index is 12.5. The number of nitrogens with zero attached hydrogens (tertiary/aromatic N) is 1. The van der Waals surface area contributed by atoms with Crippen molar-refractivity contribution in [3.8, 4) is 12.3 Å². The number of nitrogens with one attached hydrogen (secondary N) is 2. The lowest BCUT2D eigenvalue weighted by atomic mass is 10.1. The van der Waals surface area contributed by atoms with Crippen LogP contribution in [0.5, 0.6) is 0 Å². The topological polar surface area (TPSA) is 256 Å². The predicted molar refractivity (Wildman–Crippen MR) is 153 cm³/mol. The Labute approximate surface area is 256 Å². The number of nitro benzene ring substituents is 1. The molecule has 1 aromatic carbocycles. The number of hydrogen-bond acceptors (Lipinski definition) is 13. The van der Waals surface area contributed by atoms with E-state index in [9.17, 15) is 34.1 Å². The van der Waals surface area contributed by atoms with Gasteiger partial charge < -0.3 is 45.5 Å². The number of aliphatic carboxylic acids is 2. The zero-order valence-corrected chi connectivity index (χ0v) is 24.4. The molecule has 6 N–H and O–H groups in total. The molecule has 17 nitrogen and oxygen atoms in total. The maximum absolute atomic E-state index is 12.5. The molecule has 0 bridgehead atoms. The summed E-state index contributed by atoms with van der Waals surface area (Å²) in [6, 6.07) is 0.877. The Hall–Kier alpha value is -4.28. The van der Waals surface area contributed by atoms with E-state index >= 15 is 0 Å². The van der Waals surface area contributed by atoms with Crippen LogP contribution in [0.3, 0.4) is 0 Å². The van der Waals surface area contributed by atoms with Crippen LogP contribution in [-0.2, 0) is 38.1 Å². The van der Waals surface area contributed by atoms with E-state index in [1.807, 2.05) is 0 Å². The summed E-state index contributed by atoms with van der Waals surface area (Å²) in [5.41, 5.74) is 4.78. The van der Waals surface area contributed by atoms with Crippen LogP contribution in [0.2, 0.25) is 0 Å². The molecule has 0 aliphatic rings. The fraction of sp³-hybridized carbons (Fsp3) is 0.500. The lowest BCUT2D eigenvalue weighted by Crippen LogP contribution is -2.49. The van der Waals surface area contributed by atoms with Crippen LogP contribution in [0, 0.1) is 22.5 Å². The Kier molecular flexibility index (Phi) is 18.4. The minimum absolute atomic E-state index is 0.0396. The molecule has 0 unspecified atom stereocenters. The van der Waals surface area contributed by atoms with Crippen LogP contribution in [-0.4, -0.2) is 115 Å². The summed E-state index contributed by atoms with van der Waals surface area (Å²) in [7, 11) is 0. The fourth-order valence-electron chi connectivity index (χ4n) is 3.08. The summed E-state index contributed by atoms with van der Waals surface area (Å²) in [5, 5.41) is 33.9. The Morgan fingerprint density at radius 3 is 2.27 bits per heavy atom. The monoisotopic (exact) mass is 642 g/mol. The number of carbonyl (C=O) groups excluding carboxylic acids is 3. The van der Waals surface area contributed by atoms with Crippen LogP contribution < -0.4 is 16.4 Å². The Bertz CT molecular complexity index is 1190. The van der Waals surface area contributed by atoms with Crippen molar-refractivity contribution >= 4 is 47.2 Å². The van der Waals surface area contributed by atoms with E-state index in [-0.39, 0.29) is 62.1 Å². The van der Waals surface area contributed by atoms with Crippen molar-refractivity contribution in [1.29, 1.82) is 0 Å². The van der Waals surface area contributed by atoms with Gasteiger partial charge in [0.05, 0.1) is 48.4 Å². The molecule has 2 amide bonds. The third-order valence-corrected chi connectivity index (χ3v) is 6.41. The van der Waals surface area contributed by atoms with Crippen molar-refractivity contribution in [3.05, 3.63) is 33.9 Å². The highest BCUT2D eigenvalue weighted by molar-refractivity contribution is 7.99. The lowest BCUT2D eigenvalue weighted by Gasteiger charge is -2.18. The molecule has 0 aliphatic heterocycles. The summed E-state index contributed by atoms with van der Waals surface area (Å²) in [5.74, 6) is -3.09. The van der Waals surface area contributed by atoms with Gasteiger partial charge in [-0.05, 0) is 18.6 Å². The van der Waals surface area contributed by atoms with E-state index in [1.54, 1.807) is 0 Å². The summed E-state index contributed by atoms with van der Waals surface area (Å²) < 4.78 is 20.7. The highest BCUT2D eigenvalue weighted by Gasteiger charge is 2.25. The molecule has 0 saturated heterocycles. The number of carbonyl (C=O) groups is 5. The molecule has 0 aliphatic carbocycles. The van der Waals surface area contributed by atoms with Crippen LogP contribution in [0.25, 0.3) is 0 Å². The first-order valence-electron chi connectivity index (χ1n) is 13.0. The van der Waals surface area contributed by atoms with Crippen molar-refractivity contribution in [2.24, 2.45) is 5.73 Å². The molecule has 0 heterocycles. The standard InChI is InChI=1S/C26H34N4O13S/c1-2-7-40-8-9-41-10-11-42-12-13-43-26(37)17-3-5-21(20(14-17)30(38)39)44-16-19(24(34)28-15-23(32)33)29-22(31)6-4-18(27)25(35)36/h1,3,5,14,18-19H,4,6-13,15-16,27H2,(H,28,34)(H,29,31)(H,32,33)(H,35,36)/t18-,19-/m0/s1. The zero-order valence-electron chi connectivity index (χ0n) is 23.6. The number of rotatable bonds is 23. The lowest BCUT2D eigenvalue weighted by molar-refractivity contribution is -0.387. The molecule has 2 atom stereocenters. The molecule has 44 heavy (non-hydrogen) atoms. The van der Waals surface area contributed by atoms with Crippen molar-refractivity contribution in [3.63, 3.8) is 0 Å². The van der Waals surface area contributed by atoms with Gasteiger partial charge in [-0.3, -0.25) is 29.3 Å². The first-order chi connectivity index (χ1) is 21.0. The smallest absolute Gasteiger partial charge is 0.338 e. The molecule has 0 aromatic heterocycles. The minimum Gasteiger partial charge on any atom is -0.480 e. The third kappa shape index (κ3) is 15.8. The van der Waals surface area contributed by atoms with E-state index in [0.717, 1.165) is 17.8 Å². The average Bonchev–Trinajstić information content (AvgIpc) is 2.98. The number of carboxylic acid groups (broad SMARTS) is 2. The molecule has 0 spiro atoms. The number of benzene rings is 1. The first kappa shape index (κ1) is 37.7. The summed E-state index contributed by atoms with van der Waals surface area (Å²) in [6.45, 7) is 0.564. The van der Waals surface area contributed by atoms with Crippen molar-refractivity contribution in [2.45, 2.75) is 29.8 Å². The molecule has 0 saturated carbocycles. The normalized spacial score (nSPS) is 11.9. The number of carboxylic acids is 2. The number of esters is 1. The van der Waals surface area contributed by atoms with Gasteiger partial charge >= 0.3 is 17.9 Å². The van der Waals surface area contributed by atoms with Crippen LogP contribution in [0.15, 0.2) is 23.1 Å². The van der Waals surface area contributed by atoms with Crippen LogP contribution in [0.4, 0.5) is 5.69 Å². The predicted octanol–water partition coefficient (Wildman–Crippen LogP) is -0.596. The summed E-state index contributed by atoms with van der Waals surface area (Å²) in [6.07, 6.45) is 4.47. The fourth-order valence-corrected chi connectivity index (χ4v) is 4.10. The Balaban J connectivity index is 2.72. The van der Waals surface area contributed by atoms with Gasteiger partial charge in [0, 0.05) is 18.2 Å². The van der Waals surface area contributed by atoms with Crippen molar-refractivity contribution in [2.75, 3.05) is 58.5 Å². The number of nitro groups is 1. The van der Waals surface area contributed by atoms with Gasteiger partial charge in [-0.2, -0.15) is 0 Å². The second-order valence-corrected chi connectivity index (χ2v) is 9.64. The number of thioether (sulfide) groups is 1. The molecule has 18 heteroatoms. The molecular weight excluding hydrogens is 608 g/mol. The molecule has 0 fully saturated rings. The number of nitrogens with two attached hydrogens (primary N) is 1. The van der Waals surface area contributed by atoms with Gasteiger partial charge in [0.15, 0.2) is 0 Å². The van der Waals surface area contributed by atoms with Gasteiger partial charge in [0.25, 0.3) is 5.69 Å². The molecule has 1 aromatic rings. The van der Waals surface area contributed by atoms with Crippen molar-refractivity contribution < 1.29 is 58.1 Å². The number of terminal acetylenes is 1. The second-order valence-electron chi connectivity index (χ2n) is 8.58. The van der Waals surface area contributed by atoms with Crippen LogP contribution >= 0.6 is 11.8 Å². The number of ether oxygens (including phenoxy) is 4. The largest absolute Gasteiger partial charge is 0.480 e. The van der Waals surface area contributed by atoms with E-state index in [2.05, 4.69) is 16.6 Å². The Morgan fingerprint density at radius 1 is 1.05 bits per heavy atom. The van der Waals surface area contributed by atoms with Gasteiger partial charge in [0.1, 0.15) is 31.8 Å². The van der Waals surface area contributed by atoms with E-state index in [0.29, 0.717) is 13.2 Å². The highest BCUT2D eigenvalue weighted by Crippen LogP contribution is 2.31. The van der Waals surface area contributed by atoms with Gasteiger partial charge in [-0.1, -0.05) is 5.92 Å². The highest BCUT2D eigenvalue weighted by atomic mass is 32.2. The SMILES string of the molecule is C#CCOCCOCCOCCOC(=O)c1ccc(SC[C@H](NC(=O)CC[C@H](N)C(=O)O)C(=O)NCC(=O)O)c([N+](=O)[O-])c1. The summed E-state index contributed by atoms with van der Waals surface area (Å²) >= 11 is 0.790. The average molecular weight is 643 g/mol. The first-order valence-corrected chi connectivity index (χ1v) is 14.0. The molecular formula is C26H34N4O13S. The van der Waals surface area contributed by atoms with E-state index in [1.165, 1.54) is 12.1 Å². The van der Waals surface area contributed by atoms with E-state index in [4.69, 9.17) is 41.3 Å². The van der Waals surface area contributed by atoms with Crippen LogP contribution in [0.1, 0.15) is 23.2 Å². The van der Waals surface area contributed by atoms with E-state index < -0.39 is 59.0 Å². The molecule has 242 valence electrons. The Morgan fingerprint density at radius 2 is 1.68 bits per heavy atom. The minimum atomic E-state index is -1.35. The van der Waals surface area contributed by atoms with Gasteiger partial charge in [-0.25, -0.2) is 4.79 Å². The third-order valence-electron chi connectivity index (χ3n) is 5.25.